The van der Waals surface area contributed by atoms with Crippen LogP contribution in [0.5, 0.6) is 0 Å². The molecular weight excluding hydrogens is 242 g/mol. The molecule has 2 heterocycles. The summed E-state index contributed by atoms with van der Waals surface area (Å²) in [4.78, 5) is 22.6. The van der Waals surface area contributed by atoms with Gasteiger partial charge >= 0.3 is 0 Å². The van der Waals surface area contributed by atoms with Crippen molar-refractivity contribution in [3.05, 3.63) is 23.8 Å². The van der Waals surface area contributed by atoms with E-state index in [-0.39, 0.29) is 11.9 Å². The van der Waals surface area contributed by atoms with E-state index in [0.717, 1.165) is 37.6 Å². The van der Waals surface area contributed by atoms with Gasteiger partial charge in [0.05, 0.1) is 30.2 Å². The maximum absolute atomic E-state index is 12.1. The highest BCUT2D eigenvalue weighted by Gasteiger charge is 2.22. The summed E-state index contributed by atoms with van der Waals surface area (Å²) in [6.45, 7) is 7.99. The Labute approximate surface area is 113 Å². The van der Waals surface area contributed by atoms with E-state index in [2.05, 4.69) is 25.5 Å². The van der Waals surface area contributed by atoms with Crippen LogP contribution < -0.4 is 10.6 Å². The minimum absolute atomic E-state index is 0.0456. The molecule has 0 bridgehead atoms. The summed E-state index contributed by atoms with van der Waals surface area (Å²) in [6, 6.07) is -0.0968. The summed E-state index contributed by atoms with van der Waals surface area (Å²) in [5.74, 6) is 0.0456. The normalized spacial score (nSPS) is 18.0. The van der Waals surface area contributed by atoms with Crippen LogP contribution in [-0.2, 0) is 11.3 Å². The van der Waals surface area contributed by atoms with Gasteiger partial charge in [-0.2, -0.15) is 0 Å². The zero-order valence-corrected chi connectivity index (χ0v) is 11.5. The Bertz CT molecular complexity index is 414. The molecule has 2 N–H and O–H groups in total. The number of rotatable bonds is 4. The van der Waals surface area contributed by atoms with E-state index in [4.69, 9.17) is 0 Å². The maximum atomic E-state index is 12.1. The molecule has 1 saturated heterocycles. The number of nitrogens with one attached hydrogen (secondary N) is 2. The van der Waals surface area contributed by atoms with Crippen LogP contribution in [0.1, 0.15) is 18.3 Å². The molecule has 0 aliphatic carbocycles. The molecule has 0 spiro atoms. The lowest BCUT2D eigenvalue weighted by atomic mass is 10.2. The number of piperazine rings is 1. The Morgan fingerprint density at radius 1 is 1.42 bits per heavy atom. The van der Waals surface area contributed by atoms with Crippen LogP contribution in [0.4, 0.5) is 0 Å². The van der Waals surface area contributed by atoms with E-state index in [1.807, 2.05) is 13.8 Å². The van der Waals surface area contributed by atoms with E-state index in [1.165, 1.54) is 0 Å². The second-order valence-corrected chi connectivity index (χ2v) is 4.83. The molecule has 1 aliphatic heterocycles. The van der Waals surface area contributed by atoms with Crippen molar-refractivity contribution >= 4 is 5.91 Å². The molecule has 19 heavy (non-hydrogen) atoms. The van der Waals surface area contributed by atoms with Gasteiger partial charge in [0.2, 0.25) is 5.91 Å². The van der Waals surface area contributed by atoms with Crippen molar-refractivity contribution < 1.29 is 4.79 Å². The molecule has 0 aromatic carbocycles. The molecule has 1 amide bonds. The number of nitrogens with zero attached hydrogens (tertiary/aromatic N) is 3. The highest BCUT2D eigenvalue weighted by molar-refractivity contribution is 5.81. The van der Waals surface area contributed by atoms with Gasteiger partial charge in [0.15, 0.2) is 0 Å². The lowest BCUT2D eigenvalue weighted by Gasteiger charge is -2.31. The second-order valence-electron chi connectivity index (χ2n) is 4.83. The number of amides is 1. The molecule has 1 aliphatic rings. The minimum Gasteiger partial charge on any atom is -0.349 e. The van der Waals surface area contributed by atoms with Crippen molar-refractivity contribution in [2.45, 2.75) is 26.4 Å². The van der Waals surface area contributed by atoms with Gasteiger partial charge in [0.25, 0.3) is 0 Å². The third-order valence-corrected chi connectivity index (χ3v) is 3.36. The summed E-state index contributed by atoms with van der Waals surface area (Å²) < 4.78 is 0. The van der Waals surface area contributed by atoms with E-state index in [0.29, 0.717) is 6.54 Å². The van der Waals surface area contributed by atoms with E-state index >= 15 is 0 Å². The van der Waals surface area contributed by atoms with E-state index < -0.39 is 0 Å². The number of aryl methyl sites for hydroxylation is 1. The van der Waals surface area contributed by atoms with Gasteiger partial charge in [-0.1, -0.05) is 0 Å². The Balaban J connectivity index is 1.81. The fraction of sp³-hybridized carbons (Fsp3) is 0.615. The molecule has 6 nitrogen and oxygen atoms in total. The van der Waals surface area contributed by atoms with Crippen LogP contribution in [-0.4, -0.2) is 53.0 Å². The number of aromatic nitrogens is 2. The fourth-order valence-corrected chi connectivity index (χ4v) is 2.07. The molecular formula is C13H21N5O. The van der Waals surface area contributed by atoms with Crippen molar-refractivity contribution in [3.8, 4) is 0 Å². The zero-order valence-electron chi connectivity index (χ0n) is 11.5. The molecule has 104 valence electrons. The topological polar surface area (TPSA) is 70.2 Å². The first kappa shape index (κ1) is 13.9. The maximum Gasteiger partial charge on any atom is 0.237 e. The molecule has 1 unspecified atom stereocenters. The standard InChI is InChI=1S/C13H21N5O/c1-10-7-16-12(8-15-10)9-17-13(19)11(2)18-5-3-14-4-6-18/h7-8,11,14H,3-6,9H2,1-2H3,(H,17,19). The first-order valence-electron chi connectivity index (χ1n) is 6.67. The zero-order chi connectivity index (χ0) is 13.7. The monoisotopic (exact) mass is 263 g/mol. The molecule has 1 aromatic heterocycles. The molecule has 6 heteroatoms. The number of carbonyl (C=O) groups excluding carboxylic acids is 1. The lowest BCUT2D eigenvalue weighted by molar-refractivity contribution is -0.126. The number of hydrogen-bond acceptors (Lipinski definition) is 5. The Kier molecular flexibility index (Phi) is 4.81. The fourth-order valence-electron chi connectivity index (χ4n) is 2.07. The average molecular weight is 263 g/mol. The van der Waals surface area contributed by atoms with Gasteiger partial charge in [-0.05, 0) is 13.8 Å². The van der Waals surface area contributed by atoms with Crippen LogP contribution in [0.25, 0.3) is 0 Å². The Morgan fingerprint density at radius 3 is 2.79 bits per heavy atom. The van der Waals surface area contributed by atoms with Crippen LogP contribution in [0.2, 0.25) is 0 Å². The highest BCUT2D eigenvalue weighted by Crippen LogP contribution is 2.01. The van der Waals surface area contributed by atoms with Gasteiger partial charge in [-0.3, -0.25) is 19.7 Å². The first-order chi connectivity index (χ1) is 9.16. The average Bonchev–Trinajstić information content (AvgIpc) is 2.46. The quantitative estimate of drug-likeness (QED) is 0.780. The highest BCUT2D eigenvalue weighted by atomic mass is 16.2. The summed E-state index contributed by atoms with van der Waals surface area (Å²) >= 11 is 0. The van der Waals surface area contributed by atoms with E-state index in [1.54, 1.807) is 12.4 Å². The van der Waals surface area contributed by atoms with Crippen molar-refractivity contribution in [2.24, 2.45) is 0 Å². The summed E-state index contributed by atoms with van der Waals surface area (Å²) in [7, 11) is 0. The third kappa shape index (κ3) is 3.97. The Hall–Kier alpha value is -1.53. The van der Waals surface area contributed by atoms with Gasteiger partial charge < -0.3 is 10.6 Å². The van der Waals surface area contributed by atoms with Crippen LogP contribution >= 0.6 is 0 Å². The predicted molar refractivity (Wildman–Crippen MR) is 72.5 cm³/mol. The summed E-state index contributed by atoms with van der Waals surface area (Å²) in [5.41, 5.74) is 1.66. The molecule has 2 rings (SSSR count). The van der Waals surface area contributed by atoms with Gasteiger partial charge in [0.1, 0.15) is 0 Å². The molecule has 0 saturated carbocycles. The second kappa shape index (κ2) is 6.58. The van der Waals surface area contributed by atoms with Gasteiger partial charge in [0, 0.05) is 32.4 Å². The lowest BCUT2D eigenvalue weighted by Crippen LogP contribution is -2.52. The molecule has 1 aromatic rings. The molecule has 1 atom stereocenters. The largest absolute Gasteiger partial charge is 0.349 e. The van der Waals surface area contributed by atoms with Crippen molar-refractivity contribution in [1.29, 1.82) is 0 Å². The Morgan fingerprint density at radius 2 is 2.16 bits per heavy atom. The van der Waals surface area contributed by atoms with Crippen molar-refractivity contribution in [2.75, 3.05) is 26.2 Å². The smallest absolute Gasteiger partial charge is 0.237 e. The number of carbonyl (C=O) groups is 1. The molecule has 0 radical (unpaired) electrons. The van der Waals surface area contributed by atoms with Crippen LogP contribution in [0.15, 0.2) is 12.4 Å². The predicted octanol–water partition coefficient (Wildman–Crippen LogP) is -0.305. The van der Waals surface area contributed by atoms with Crippen LogP contribution in [0, 0.1) is 6.92 Å². The number of hydrogen-bond donors (Lipinski definition) is 2. The minimum atomic E-state index is -0.0968. The first-order valence-corrected chi connectivity index (χ1v) is 6.67. The summed E-state index contributed by atoms with van der Waals surface area (Å²) in [5, 5.41) is 6.19. The van der Waals surface area contributed by atoms with Crippen molar-refractivity contribution in [1.82, 2.24) is 25.5 Å². The van der Waals surface area contributed by atoms with Gasteiger partial charge in [-0.15, -0.1) is 0 Å². The SMILES string of the molecule is Cc1cnc(CNC(=O)C(C)N2CCNCC2)cn1. The van der Waals surface area contributed by atoms with Crippen LogP contribution in [0.3, 0.4) is 0 Å². The van der Waals surface area contributed by atoms with Gasteiger partial charge in [-0.25, -0.2) is 0 Å². The van der Waals surface area contributed by atoms with E-state index in [9.17, 15) is 4.79 Å². The molecule has 1 fully saturated rings. The van der Waals surface area contributed by atoms with Crippen molar-refractivity contribution in [3.63, 3.8) is 0 Å². The summed E-state index contributed by atoms with van der Waals surface area (Å²) in [6.07, 6.45) is 3.41. The third-order valence-electron chi connectivity index (χ3n) is 3.36.